The molecular formula is C52H65N7O16. The number of amides is 7. The van der Waals surface area contributed by atoms with Gasteiger partial charge in [-0.3, -0.25) is 29.8 Å². The second-order valence-electron chi connectivity index (χ2n) is 17.9. The first-order valence-electron chi connectivity index (χ1n) is 23.9. The fraction of sp³-hybridized carbons (Fsp3) is 0.404. The van der Waals surface area contributed by atoms with Crippen LogP contribution in [0.5, 0.6) is 23.0 Å². The predicted octanol–water partition coefficient (Wildman–Crippen LogP) is 5.30. The summed E-state index contributed by atoms with van der Waals surface area (Å²) < 4.78 is 33.6. The quantitative estimate of drug-likeness (QED) is 0.0417. The van der Waals surface area contributed by atoms with Gasteiger partial charge in [-0.1, -0.05) is 62.9 Å². The largest absolute Gasteiger partial charge is 0.493 e. The highest BCUT2D eigenvalue weighted by atomic mass is 16.6. The van der Waals surface area contributed by atoms with Crippen LogP contribution >= 0.6 is 0 Å². The molecule has 0 saturated carbocycles. The molecule has 4 atom stereocenters. The van der Waals surface area contributed by atoms with Crippen molar-refractivity contribution in [2.24, 2.45) is 5.92 Å². The number of nitrogens with one attached hydrogen (secondary N) is 5. The van der Waals surface area contributed by atoms with Gasteiger partial charge in [0.05, 0.1) is 75.2 Å². The van der Waals surface area contributed by atoms with Crippen molar-refractivity contribution in [3.8, 4) is 23.0 Å². The van der Waals surface area contributed by atoms with Crippen LogP contribution in [0.1, 0.15) is 66.3 Å². The van der Waals surface area contributed by atoms with Crippen molar-refractivity contribution in [2.45, 2.75) is 70.8 Å². The number of aliphatic hydroxyl groups is 2. The van der Waals surface area contributed by atoms with Crippen molar-refractivity contribution in [1.29, 1.82) is 0 Å². The Hall–Kier alpha value is -8.31. The van der Waals surface area contributed by atoms with Gasteiger partial charge >= 0.3 is 18.3 Å². The first-order chi connectivity index (χ1) is 35.8. The summed E-state index contributed by atoms with van der Waals surface area (Å²) in [4.78, 5) is 93.8. The molecule has 3 aromatic carbocycles. The van der Waals surface area contributed by atoms with Gasteiger partial charge in [0.25, 0.3) is 11.8 Å². The first-order valence-corrected chi connectivity index (χ1v) is 23.9. The summed E-state index contributed by atoms with van der Waals surface area (Å²) in [5, 5.41) is 42.2. The maximum atomic E-state index is 14.1. The van der Waals surface area contributed by atoms with Gasteiger partial charge in [-0.15, -0.1) is 0 Å². The molecule has 3 aromatic rings. The molecule has 7 amide bonds. The van der Waals surface area contributed by atoms with E-state index in [2.05, 4.69) is 46.3 Å². The van der Waals surface area contributed by atoms with Gasteiger partial charge in [-0.05, 0) is 55.5 Å². The lowest BCUT2D eigenvalue weighted by atomic mass is 10.0. The Balaban J connectivity index is 1.24. The number of carboxylic acid groups (broad SMARTS) is 1. The van der Waals surface area contributed by atoms with Gasteiger partial charge in [0.2, 0.25) is 11.8 Å². The first kappa shape index (κ1) is 57.6. The number of anilines is 3. The number of carbonyl (C=O) groups is 7. The minimum Gasteiger partial charge on any atom is -0.493 e. The second kappa shape index (κ2) is 27.1. The van der Waals surface area contributed by atoms with Crippen LogP contribution in [-0.4, -0.2) is 152 Å². The van der Waals surface area contributed by atoms with Crippen LogP contribution in [0, 0.1) is 5.92 Å². The van der Waals surface area contributed by atoms with Crippen molar-refractivity contribution in [1.82, 2.24) is 20.4 Å². The molecule has 0 radical (unpaired) electrons. The lowest BCUT2D eigenvalue weighted by molar-refractivity contribution is -0.128. The van der Waals surface area contributed by atoms with E-state index in [9.17, 15) is 48.9 Å². The number of hydrogen-bond donors (Lipinski definition) is 8. The summed E-state index contributed by atoms with van der Waals surface area (Å²) >= 11 is 0. The minimum atomic E-state index is -1.43. The van der Waals surface area contributed by atoms with Crippen LogP contribution in [0.2, 0.25) is 0 Å². The van der Waals surface area contributed by atoms with Gasteiger partial charge in [0.15, 0.2) is 23.0 Å². The monoisotopic (exact) mass is 1040 g/mol. The summed E-state index contributed by atoms with van der Waals surface area (Å²) in [6.45, 7) is 15.8. The number of likely N-dealkylation sites (tertiary alicyclic amines) is 2. The Morgan fingerprint density at radius 3 is 1.68 bits per heavy atom. The van der Waals surface area contributed by atoms with Gasteiger partial charge in [0.1, 0.15) is 25.3 Å². The average molecular weight is 1040 g/mol. The van der Waals surface area contributed by atoms with E-state index in [1.807, 2.05) is 0 Å². The number of nitrogens with zero attached hydrogens (tertiary/aromatic N) is 2. The zero-order valence-corrected chi connectivity index (χ0v) is 42.5. The Labute approximate surface area is 433 Å². The summed E-state index contributed by atoms with van der Waals surface area (Å²) in [7, 11) is 2.73. The fourth-order valence-electron chi connectivity index (χ4n) is 8.07. The highest BCUT2D eigenvalue weighted by Crippen LogP contribution is 2.38. The summed E-state index contributed by atoms with van der Waals surface area (Å²) in [6, 6.07) is 8.76. The van der Waals surface area contributed by atoms with Gasteiger partial charge in [0, 0.05) is 37.3 Å². The van der Waals surface area contributed by atoms with Gasteiger partial charge in [-0.2, -0.15) is 0 Å². The molecule has 0 spiro atoms. The Bertz CT molecular complexity index is 2620. The van der Waals surface area contributed by atoms with Crippen LogP contribution in [-0.2, 0) is 25.7 Å². The fourth-order valence-corrected chi connectivity index (χ4v) is 8.07. The highest BCUT2D eigenvalue weighted by molar-refractivity contribution is 6.05. The summed E-state index contributed by atoms with van der Waals surface area (Å²) in [5.74, 6) is -2.01. The van der Waals surface area contributed by atoms with E-state index >= 15 is 0 Å². The van der Waals surface area contributed by atoms with E-state index in [1.54, 1.807) is 38.1 Å². The number of alkyl carbamates (subject to hydrolysis) is 1. The smallest absolute Gasteiger partial charge is 0.411 e. The summed E-state index contributed by atoms with van der Waals surface area (Å²) in [5.41, 5.74) is 2.28. The molecule has 0 aliphatic carbocycles. The number of aliphatic hydroxyl groups excluding tert-OH is 2. The molecule has 23 nitrogen and oxygen atoms in total. The molecule has 0 unspecified atom stereocenters. The van der Waals surface area contributed by atoms with E-state index in [0.29, 0.717) is 24.1 Å². The Kier molecular flexibility index (Phi) is 20.8. The molecular weight excluding hydrogens is 979 g/mol. The second-order valence-corrected chi connectivity index (χ2v) is 17.9. The third-order valence-corrected chi connectivity index (χ3v) is 11.9. The average Bonchev–Trinajstić information content (AvgIpc) is 3.97. The molecule has 23 heteroatoms. The zero-order valence-electron chi connectivity index (χ0n) is 42.5. The van der Waals surface area contributed by atoms with Crippen molar-refractivity contribution in [3.05, 3.63) is 102 Å². The van der Waals surface area contributed by atoms with E-state index in [4.69, 9.17) is 28.4 Å². The van der Waals surface area contributed by atoms with E-state index < -0.39 is 66.1 Å². The molecule has 75 heavy (non-hydrogen) atoms. The number of hydrogen-bond acceptors (Lipinski definition) is 15. The molecule has 2 aliphatic rings. The molecule has 2 saturated heterocycles. The van der Waals surface area contributed by atoms with Crippen molar-refractivity contribution in [3.63, 3.8) is 0 Å². The number of carbonyl (C=O) groups excluding carboxylic acids is 6. The molecule has 0 aromatic heterocycles. The van der Waals surface area contributed by atoms with Crippen LogP contribution in [0.15, 0.2) is 85.5 Å². The van der Waals surface area contributed by atoms with Crippen molar-refractivity contribution < 1.29 is 77.3 Å². The molecule has 5 rings (SSSR count). The lowest BCUT2D eigenvalue weighted by Crippen LogP contribution is -2.53. The van der Waals surface area contributed by atoms with Gasteiger partial charge < -0.3 is 69.5 Å². The SMILES string of the molecule is C=CCOC(=O)N[C@H](C(=O)N[C@@H](C)C(=O)Nc1ccc(COC(=O)Nc2cc(OCCCOc3cc(NC(=O)O)c(C(=O)N4CC(=C)C[C@H]4CO)cc3OC)c(OC)cc2C(=O)N2CC(=C)C[C@H]2CO)cc1)C(C)C. The minimum absolute atomic E-state index is 0.00136. The molecule has 2 aliphatic heterocycles. The van der Waals surface area contributed by atoms with Crippen LogP contribution < -0.4 is 45.5 Å². The van der Waals surface area contributed by atoms with Gasteiger partial charge in [-0.25, -0.2) is 14.4 Å². The molecule has 8 N–H and O–H groups in total. The predicted molar refractivity (Wildman–Crippen MR) is 274 cm³/mol. The van der Waals surface area contributed by atoms with E-state index in [0.717, 1.165) is 11.1 Å². The topological polar surface area (TPSA) is 302 Å². The zero-order chi connectivity index (χ0) is 54.9. The molecule has 2 heterocycles. The van der Waals surface area contributed by atoms with Crippen LogP contribution in [0.3, 0.4) is 0 Å². The lowest BCUT2D eigenvalue weighted by Gasteiger charge is -2.25. The number of ether oxygens (including phenoxy) is 6. The standard InChI is InChI=1S/C52H65N7O16/c1-9-15-74-52(69)57-45(29(2)3)47(63)53-32(6)46(62)54-34-13-11-33(12-14-34)28-75-51(68)56-40-23-44(42(71-8)21-38(40)49(65)59-25-31(5)19-36(59)27-61)73-17-10-16-72-43-22-39(55-50(66)67)37(20-41(43)70-7)48(64)58-24-30(4)18-35(58)26-60/h9,11-14,20-23,29,32,35-36,45,55,60-61H,1,4-5,10,15-19,24-28H2,2-3,6-8H3,(H,53,63)(H,54,62)(H,56,68)(H,57,69)(H,66,67)/t32-,35-,36-,45-/m0/s1. The third-order valence-electron chi connectivity index (χ3n) is 11.9. The maximum absolute atomic E-state index is 14.1. The van der Waals surface area contributed by atoms with Crippen molar-refractivity contribution >= 4 is 59.0 Å². The number of rotatable bonds is 24. The van der Waals surface area contributed by atoms with Crippen molar-refractivity contribution in [2.75, 3.05) is 76.3 Å². The molecule has 2 fully saturated rings. The van der Waals surface area contributed by atoms with E-state index in [1.165, 1.54) is 61.3 Å². The molecule has 404 valence electrons. The molecule has 0 bridgehead atoms. The normalized spacial score (nSPS) is 15.8. The maximum Gasteiger partial charge on any atom is 0.411 e. The number of benzene rings is 3. The Morgan fingerprint density at radius 2 is 1.21 bits per heavy atom. The van der Waals surface area contributed by atoms with Crippen LogP contribution in [0.25, 0.3) is 0 Å². The summed E-state index contributed by atoms with van der Waals surface area (Å²) in [6.07, 6.45) is -0.780. The Morgan fingerprint density at radius 1 is 0.693 bits per heavy atom. The number of methoxy groups -OCH3 is 2. The van der Waals surface area contributed by atoms with Crippen LogP contribution in [0.4, 0.5) is 31.4 Å². The third kappa shape index (κ3) is 15.6. The van der Waals surface area contributed by atoms with E-state index in [-0.39, 0.29) is 111 Å². The highest BCUT2D eigenvalue weighted by Gasteiger charge is 2.35.